The summed E-state index contributed by atoms with van der Waals surface area (Å²) in [6, 6.07) is 10.3. The zero-order valence-corrected chi connectivity index (χ0v) is 21.4. The number of carbonyl (C=O) groups is 1. The van der Waals surface area contributed by atoms with Gasteiger partial charge in [0.05, 0.1) is 36.3 Å². The average Bonchev–Trinajstić information content (AvgIpc) is 3.16. The molecular formula is C27H41BN2O4. The van der Waals surface area contributed by atoms with Gasteiger partial charge in [-0.3, -0.25) is 4.79 Å². The Labute approximate surface area is 205 Å². The molecule has 3 saturated carbocycles. The van der Waals surface area contributed by atoms with Gasteiger partial charge in [0.15, 0.2) is 0 Å². The molecule has 5 aliphatic rings. The van der Waals surface area contributed by atoms with Crippen molar-refractivity contribution >= 4 is 13.0 Å². The molecule has 1 aromatic rings. The lowest BCUT2D eigenvalue weighted by Crippen LogP contribution is -2.65. The minimum absolute atomic E-state index is 0.00556. The number of carbonyl (C=O) groups excluding carboxylic acids is 1. The predicted molar refractivity (Wildman–Crippen MR) is 133 cm³/mol. The molecule has 3 aliphatic carbocycles. The van der Waals surface area contributed by atoms with Crippen LogP contribution >= 0.6 is 0 Å². The van der Waals surface area contributed by atoms with Crippen molar-refractivity contribution in [3.63, 3.8) is 0 Å². The Morgan fingerprint density at radius 3 is 2.65 bits per heavy atom. The topological polar surface area (TPSA) is 68.8 Å². The minimum atomic E-state index is -0.442. The quantitative estimate of drug-likeness (QED) is 0.601. The van der Waals surface area contributed by atoms with E-state index in [0.717, 1.165) is 13.0 Å². The van der Waals surface area contributed by atoms with Crippen LogP contribution in [0.4, 0.5) is 0 Å². The van der Waals surface area contributed by atoms with Gasteiger partial charge in [-0.25, -0.2) is 0 Å². The third-order valence-corrected chi connectivity index (χ3v) is 9.18. The van der Waals surface area contributed by atoms with Gasteiger partial charge in [0.25, 0.3) is 0 Å². The minimum Gasteiger partial charge on any atom is -0.404 e. The van der Waals surface area contributed by atoms with E-state index in [1.165, 1.54) is 12.0 Å². The number of hydrogen-bond donors (Lipinski definition) is 2. The summed E-state index contributed by atoms with van der Waals surface area (Å²) in [4.78, 5) is 13.2. The molecule has 1 aromatic carbocycles. The van der Waals surface area contributed by atoms with Gasteiger partial charge in [0, 0.05) is 13.1 Å². The van der Waals surface area contributed by atoms with Gasteiger partial charge in [-0.15, -0.1) is 0 Å². The summed E-state index contributed by atoms with van der Waals surface area (Å²) in [7, 11) is -0.442. The Morgan fingerprint density at radius 2 is 1.94 bits per heavy atom. The van der Waals surface area contributed by atoms with Gasteiger partial charge in [0.1, 0.15) is 0 Å². The Hall–Kier alpha value is -1.41. The summed E-state index contributed by atoms with van der Waals surface area (Å²) in [6.07, 6.45) is 3.41. The summed E-state index contributed by atoms with van der Waals surface area (Å²) in [6.45, 7) is 12.8. The van der Waals surface area contributed by atoms with E-state index in [9.17, 15) is 4.79 Å². The molecule has 2 heterocycles. The molecule has 0 spiro atoms. The van der Waals surface area contributed by atoms with Crippen LogP contribution in [0, 0.1) is 23.2 Å². The van der Waals surface area contributed by atoms with Gasteiger partial charge in [-0.1, -0.05) is 58.0 Å². The number of benzene rings is 1. The van der Waals surface area contributed by atoms with Crippen LogP contribution < -0.4 is 10.6 Å². The number of ether oxygens (including phenoxy) is 1. The average molecular weight is 468 g/mol. The maximum atomic E-state index is 13.2. The van der Waals surface area contributed by atoms with Gasteiger partial charge < -0.3 is 24.7 Å². The fourth-order valence-corrected chi connectivity index (χ4v) is 6.87. The van der Waals surface area contributed by atoms with E-state index in [-0.39, 0.29) is 35.8 Å². The van der Waals surface area contributed by atoms with Gasteiger partial charge in [-0.05, 0) is 54.9 Å². The molecule has 7 heteroatoms. The number of amides is 1. The lowest BCUT2D eigenvalue weighted by atomic mass is 9.43. The van der Waals surface area contributed by atoms with Crippen LogP contribution in [0.1, 0.15) is 59.4 Å². The molecular weight excluding hydrogens is 427 g/mol. The van der Waals surface area contributed by atoms with Crippen LogP contribution in [0.3, 0.4) is 0 Å². The SMILES string of the molecule is CC(C)C1CNCC(CC(=O)N[C@@H](Cc2ccccc2)B2O[C@@H]3C[C@@H]4C[C@@H](C4(C)C)[C@]3(C)O2)O1. The lowest BCUT2D eigenvalue weighted by Gasteiger charge is -2.64. The van der Waals surface area contributed by atoms with Crippen molar-refractivity contribution in [2.45, 2.75) is 90.2 Å². The van der Waals surface area contributed by atoms with Gasteiger partial charge in [-0.2, -0.15) is 0 Å². The van der Waals surface area contributed by atoms with Crippen LogP contribution in [0.5, 0.6) is 0 Å². The van der Waals surface area contributed by atoms with E-state index in [0.29, 0.717) is 42.6 Å². The van der Waals surface area contributed by atoms with E-state index in [4.69, 9.17) is 14.0 Å². The van der Waals surface area contributed by atoms with Crippen molar-refractivity contribution in [2.24, 2.45) is 23.2 Å². The fraction of sp³-hybridized carbons (Fsp3) is 0.741. The zero-order valence-electron chi connectivity index (χ0n) is 21.4. The van der Waals surface area contributed by atoms with Crippen molar-refractivity contribution < 1.29 is 18.8 Å². The first-order chi connectivity index (χ1) is 16.2. The molecule has 7 atom stereocenters. The molecule has 34 heavy (non-hydrogen) atoms. The Bertz CT molecular complexity index is 881. The highest BCUT2D eigenvalue weighted by atomic mass is 16.7. The first-order valence-corrected chi connectivity index (χ1v) is 13.2. The van der Waals surface area contributed by atoms with E-state index < -0.39 is 7.12 Å². The van der Waals surface area contributed by atoms with Crippen molar-refractivity contribution in [3.8, 4) is 0 Å². The predicted octanol–water partition coefficient (Wildman–Crippen LogP) is 3.38. The molecule has 6 rings (SSSR count). The Balaban J connectivity index is 1.28. The van der Waals surface area contributed by atoms with Crippen molar-refractivity contribution in [1.82, 2.24) is 10.6 Å². The molecule has 2 saturated heterocycles. The lowest BCUT2D eigenvalue weighted by molar-refractivity contribution is -0.199. The molecule has 0 radical (unpaired) electrons. The van der Waals surface area contributed by atoms with Gasteiger partial charge >= 0.3 is 7.12 Å². The van der Waals surface area contributed by atoms with Crippen LogP contribution in [0.2, 0.25) is 0 Å². The van der Waals surface area contributed by atoms with E-state index in [1.807, 2.05) is 18.2 Å². The maximum absolute atomic E-state index is 13.2. The summed E-state index contributed by atoms with van der Waals surface area (Å²) >= 11 is 0. The van der Waals surface area contributed by atoms with E-state index >= 15 is 0 Å². The third-order valence-electron chi connectivity index (χ3n) is 9.18. The molecule has 1 amide bonds. The largest absolute Gasteiger partial charge is 0.482 e. The molecule has 2 N–H and O–H groups in total. The number of nitrogens with one attached hydrogen (secondary N) is 2. The number of rotatable bonds is 7. The second kappa shape index (κ2) is 9.23. The van der Waals surface area contributed by atoms with Crippen molar-refractivity contribution in [3.05, 3.63) is 35.9 Å². The van der Waals surface area contributed by atoms with E-state index in [1.54, 1.807) is 0 Å². The van der Waals surface area contributed by atoms with E-state index in [2.05, 4.69) is 57.4 Å². The number of hydrogen-bond acceptors (Lipinski definition) is 5. The molecule has 2 bridgehead atoms. The highest BCUT2D eigenvalue weighted by molar-refractivity contribution is 6.48. The van der Waals surface area contributed by atoms with Crippen molar-refractivity contribution in [2.75, 3.05) is 13.1 Å². The molecule has 0 aromatic heterocycles. The Kier molecular flexibility index (Phi) is 6.60. The first kappa shape index (κ1) is 24.3. The van der Waals surface area contributed by atoms with Crippen LogP contribution in [-0.2, 0) is 25.3 Å². The zero-order chi connectivity index (χ0) is 24.1. The Morgan fingerprint density at radius 1 is 1.18 bits per heavy atom. The monoisotopic (exact) mass is 468 g/mol. The summed E-state index contributed by atoms with van der Waals surface area (Å²) in [5.41, 5.74) is 1.17. The summed E-state index contributed by atoms with van der Waals surface area (Å²) in [5.74, 6) is 1.37. The van der Waals surface area contributed by atoms with Gasteiger partial charge in [0.2, 0.25) is 5.91 Å². The standard InChI is InChI=1S/C27H41BN2O4/c1-17(2)21-16-29-15-20(32-21)14-25(31)30-24(11-18-9-7-6-8-10-18)28-33-23-13-19-12-22(26(19,3)4)27(23,5)34-28/h6-10,17,19-24,29H,11-16H2,1-5H3,(H,30,31)/t19-,20?,21?,22-,23+,24-,27-/m0/s1. The molecule has 6 nitrogen and oxygen atoms in total. The highest BCUT2D eigenvalue weighted by Gasteiger charge is 2.68. The van der Waals surface area contributed by atoms with Crippen LogP contribution in [-0.4, -0.2) is 56.0 Å². The number of morpholine rings is 1. The summed E-state index contributed by atoms with van der Waals surface area (Å²) in [5, 5.41) is 6.70. The second-order valence-corrected chi connectivity index (χ2v) is 12.1. The normalized spacial score (nSPS) is 37.1. The smallest absolute Gasteiger partial charge is 0.404 e. The summed E-state index contributed by atoms with van der Waals surface area (Å²) < 4.78 is 19.5. The van der Waals surface area contributed by atoms with Crippen LogP contribution in [0.15, 0.2) is 30.3 Å². The third kappa shape index (κ3) is 4.45. The molecule has 2 aliphatic heterocycles. The highest BCUT2D eigenvalue weighted by Crippen LogP contribution is 2.65. The fourth-order valence-electron chi connectivity index (χ4n) is 6.87. The molecule has 5 fully saturated rings. The molecule has 2 unspecified atom stereocenters. The first-order valence-electron chi connectivity index (χ1n) is 13.2. The van der Waals surface area contributed by atoms with Crippen LogP contribution in [0.25, 0.3) is 0 Å². The maximum Gasteiger partial charge on any atom is 0.482 e. The second-order valence-electron chi connectivity index (χ2n) is 12.1. The molecule has 186 valence electrons. The van der Waals surface area contributed by atoms with Crippen molar-refractivity contribution in [1.29, 1.82) is 0 Å².